The van der Waals surface area contributed by atoms with Crippen LogP contribution in [0.15, 0.2) is 48.5 Å². The second-order valence-corrected chi connectivity index (χ2v) is 12.8. The van der Waals surface area contributed by atoms with Gasteiger partial charge in [-0.1, -0.05) is 49.7 Å². The van der Waals surface area contributed by atoms with Gasteiger partial charge in [-0.05, 0) is 43.4 Å². The van der Waals surface area contributed by atoms with E-state index < -0.39 is 27.7 Å². The Morgan fingerprint density at radius 1 is 1.03 bits per heavy atom. The predicted molar refractivity (Wildman–Crippen MR) is 146 cm³/mol. The van der Waals surface area contributed by atoms with Crippen molar-refractivity contribution in [3.63, 3.8) is 0 Å². The summed E-state index contributed by atoms with van der Waals surface area (Å²) >= 11 is 0. The summed E-state index contributed by atoms with van der Waals surface area (Å²) in [5.41, 5.74) is 2.41. The number of hydrogen-bond donors (Lipinski definition) is 0. The Morgan fingerprint density at radius 3 is 2.53 bits per heavy atom. The highest BCUT2D eigenvalue weighted by atomic mass is 32.2. The number of benzene rings is 2. The summed E-state index contributed by atoms with van der Waals surface area (Å²) in [7, 11) is -3.25. The van der Waals surface area contributed by atoms with Gasteiger partial charge in [-0.25, -0.2) is 8.42 Å². The maximum Gasteiger partial charge on any atom is 0.263 e. The highest BCUT2D eigenvalue weighted by Gasteiger charge is 2.46. The zero-order chi connectivity index (χ0) is 26.9. The molecule has 38 heavy (non-hydrogen) atoms. The minimum Gasteiger partial charge on any atom is -0.370 e. The van der Waals surface area contributed by atoms with Crippen molar-refractivity contribution in [1.29, 1.82) is 0 Å². The quantitative estimate of drug-likeness (QED) is 0.479. The Kier molecular flexibility index (Phi) is 7.56. The van der Waals surface area contributed by atoms with Gasteiger partial charge in [0.25, 0.3) is 11.8 Å². The lowest BCUT2D eigenvalue weighted by Gasteiger charge is -2.37. The first kappa shape index (κ1) is 26.4. The lowest BCUT2D eigenvalue weighted by atomic mass is 9.94. The number of carbonyl (C=O) groups excluding carboxylic acids is 3. The maximum absolute atomic E-state index is 13.7. The molecule has 0 radical (unpaired) electrons. The number of imide groups is 1. The summed E-state index contributed by atoms with van der Waals surface area (Å²) in [6.45, 7) is 4.56. The van der Waals surface area contributed by atoms with E-state index in [2.05, 4.69) is 11.8 Å². The molecule has 3 aliphatic rings. The van der Waals surface area contributed by atoms with Crippen LogP contribution in [-0.4, -0.2) is 73.1 Å². The van der Waals surface area contributed by atoms with Crippen LogP contribution in [0.2, 0.25) is 0 Å². The molecule has 8 nitrogen and oxygen atoms in total. The summed E-state index contributed by atoms with van der Waals surface area (Å²) in [4.78, 5) is 45.6. The largest absolute Gasteiger partial charge is 0.370 e. The summed E-state index contributed by atoms with van der Waals surface area (Å²) in [6.07, 6.45) is 3.80. The second kappa shape index (κ2) is 10.9. The minimum atomic E-state index is -3.25. The molecule has 2 atom stereocenters. The van der Waals surface area contributed by atoms with Crippen molar-refractivity contribution in [3.8, 4) is 0 Å². The molecule has 202 valence electrons. The van der Waals surface area contributed by atoms with E-state index in [1.54, 1.807) is 12.1 Å². The molecule has 0 N–H and O–H groups in total. The maximum atomic E-state index is 13.7. The van der Waals surface area contributed by atoms with Crippen LogP contribution in [0, 0.1) is 5.92 Å². The molecule has 3 aliphatic heterocycles. The molecule has 3 amide bonds. The standard InChI is InChI=1S/C29H35N3O5S/c1-2-3-15-31(18-21-9-5-4-6-10-21)27(33)22-11-8-16-30(19-22)25-13-7-12-24-26(25)29(35)32(28(24)34)23-14-17-38(36,37)20-23/h4-7,9-10,12-13,22-23H,2-3,8,11,14-20H2,1H3/t22-,23+/m1/s1. The topological polar surface area (TPSA) is 95.1 Å². The Hall–Kier alpha value is -3.20. The molecule has 2 fully saturated rings. The summed E-state index contributed by atoms with van der Waals surface area (Å²) in [5, 5.41) is 0. The number of rotatable bonds is 8. The van der Waals surface area contributed by atoms with Crippen LogP contribution in [0.4, 0.5) is 5.69 Å². The van der Waals surface area contributed by atoms with E-state index >= 15 is 0 Å². The van der Waals surface area contributed by atoms with Gasteiger partial charge in [0.15, 0.2) is 9.84 Å². The highest BCUT2D eigenvalue weighted by Crippen LogP contribution is 2.36. The molecule has 5 rings (SSSR count). The molecule has 2 saturated heterocycles. The van der Waals surface area contributed by atoms with Crippen molar-refractivity contribution >= 4 is 33.2 Å². The molecule has 0 unspecified atom stereocenters. The van der Waals surface area contributed by atoms with Crippen LogP contribution in [0.5, 0.6) is 0 Å². The van der Waals surface area contributed by atoms with Crippen LogP contribution in [-0.2, 0) is 21.2 Å². The zero-order valence-electron chi connectivity index (χ0n) is 21.8. The number of carbonyl (C=O) groups is 3. The molecule has 2 aromatic rings. The van der Waals surface area contributed by atoms with Gasteiger partial charge in [-0.3, -0.25) is 19.3 Å². The van der Waals surface area contributed by atoms with Crippen molar-refractivity contribution in [2.24, 2.45) is 5.92 Å². The molecule has 2 aromatic carbocycles. The van der Waals surface area contributed by atoms with Gasteiger partial charge in [-0.15, -0.1) is 0 Å². The molecule has 0 aromatic heterocycles. The smallest absolute Gasteiger partial charge is 0.263 e. The molecule has 0 saturated carbocycles. The SMILES string of the molecule is CCCCN(Cc1ccccc1)C(=O)[C@@H]1CCCN(c2cccc3c2C(=O)N([C@H]2CCS(=O)(=O)C2)C3=O)C1. The molecule has 0 spiro atoms. The molecular weight excluding hydrogens is 502 g/mol. The fourth-order valence-corrected chi connectivity index (χ4v) is 7.64. The molecule has 0 aliphatic carbocycles. The van der Waals surface area contributed by atoms with Gasteiger partial charge in [0.05, 0.1) is 40.3 Å². The van der Waals surface area contributed by atoms with Gasteiger partial charge in [0, 0.05) is 26.2 Å². The van der Waals surface area contributed by atoms with E-state index in [1.807, 2.05) is 41.3 Å². The first-order valence-corrected chi connectivity index (χ1v) is 15.4. The van der Waals surface area contributed by atoms with Crippen molar-refractivity contribution in [3.05, 3.63) is 65.2 Å². The van der Waals surface area contributed by atoms with Crippen LogP contribution in [0.25, 0.3) is 0 Å². The van der Waals surface area contributed by atoms with Gasteiger partial charge in [-0.2, -0.15) is 0 Å². The fourth-order valence-electron chi connectivity index (χ4n) is 5.94. The third kappa shape index (κ3) is 5.21. The average Bonchev–Trinajstić information content (AvgIpc) is 3.41. The van der Waals surface area contributed by atoms with E-state index in [0.717, 1.165) is 36.1 Å². The molecule has 9 heteroatoms. The number of amides is 3. The summed E-state index contributed by atoms with van der Waals surface area (Å²) in [5.74, 6) is -1.12. The molecule has 0 bridgehead atoms. The Bertz CT molecular complexity index is 1330. The van der Waals surface area contributed by atoms with Crippen molar-refractivity contribution in [2.45, 2.75) is 51.6 Å². The van der Waals surface area contributed by atoms with Crippen LogP contribution in [0.3, 0.4) is 0 Å². The van der Waals surface area contributed by atoms with Crippen molar-refractivity contribution in [1.82, 2.24) is 9.80 Å². The van der Waals surface area contributed by atoms with Gasteiger partial charge in [0.2, 0.25) is 5.91 Å². The average molecular weight is 538 g/mol. The Labute approximate surface area is 224 Å². The third-order valence-corrected chi connectivity index (χ3v) is 9.67. The van der Waals surface area contributed by atoms with Crippen molar-refractivity contribution < 1.29 is 22.8 Å². The van der Waals surface area contributed by atoms with Crippen LogP contribution < -0.4 is 4.90 Å². The summed E-state index contributed by atoms with van der Waals surface area (Å²) in [6, 6.07) is 14.6. The monoisotopic (exact) mass is 537 g/mol. The Morgan fingerprint density at radius 2 is 1.82 bits per heavy atom. The number of sulfone groups is 1. The van der Waals surface area contributed by atoms with E-state index in [4.69, 9.17) is 0 Å². The lowest BCUT2D eigenvalue weighted by molar-refractivity contribution is -0.136. The third-order valence-electron chi connectivity index (χ3n) is 7.92. The normalized spacial score (nSPS) is 22.6. The number of hydrogen-bond acceptors (Lipinski definition) is 6. The number of piperidine rings is 1. The number of fused-ring (bicyclic) bond motifs is 1. The van der Waals surface area contributed by atoms with Crippen LogP contribution in [0.1, 0.15) is 65.3 Å². The van der Waals surface area contributed by atoms with Crippen molar-refractivity contribution in [2.75, 3.05) is 36.0 Å². The summed E-state index contributed by atoms with van der Waals surface area (Å²) < 4.78 is 24.1. The minimum absolute atomic E-state index is 0.00857. The lowest BCUT2D eigenvalue weighted by Crippen LogP contribution is -2.45. The van der Waals surface area contributed by atoms with Gasteiger partial charge < -0.3 is 9.80 Å². The zero-order valence-corrected chi connectivity index (χ0v) is 22.7. The van der Waals surface area contributed by atoms with Gasteiger partial charge >= 0.3 is 0 Å². The highest BCUT2D eigenvalue weighted by molar-refractivity contribution is 7.91. The predicted octanol–water partition coefficient (Wildman–Crippen LogP) is 3.52. The molecular formula is C29H35N3O5S. The fraction of sp³-hybridized carbons (Fsp3) is 0.483. The number of unbranched alkanes of at least 4 members (excludes halogenated alkanes) is 1. The van der Waals surface area contributed by atoms with E-state index in [0.29, 0.717) is 43.0 Å². The van der Waals surface area contributed by atoms with Crippen LogP contribution >= 0.6 is 0 Å². The Balaban J connectivity index is 1.36. The van der Waals surface area contributed by atoms with E-state index in [1.165, 1.54) is 0 Å². The first-order valence-electron chi connectivity index (χ1n) is 13.6. The van der Waals surface area contributed by atoms with Gasteiger partial charge in [0.1, 0.15) is 0 Å². The number of anilines is 1. The second-order valence-electron chi connectivity index (χ2n) is 10.6. The van der Waals surface area contributed by atoms with E-state index in [9.17, 15) is 22.8 Å². The first-order chi connectivity index (χ1) is 18.3. The number of nitrogens with zero attached hydrogens (tertiary/aromatic N) is 3. The molecule has 3 heterocycles. The van der Waals surface area contributed by atoms with E-state index in [-0.39, 0.29) is 29.8 Å².